The number of fused-ring (bicyclic) bond motifs is 2. The smallest absolute Gasteiger partial charge is 0.290 e. The molecule has 0 spiro atoms. The van der Waals surface area contributed by atoms with Crippen molar-refractivity contribution in [2.24, 2.45) is 0 Å². The maximum atomic E-state index is 10.1. The van der Waals surface area contributed by atoms with Crippen molar-refractivity contribution in [3.05, 3.63) is 35.9 Å². The van der Waals surface area contributed by atoms with Crippen LogP contribution in [0.1, 0.15) is 44.1 Å². The topological polar surface area (TPSA) is 111 Å². The minimum atomic E-state index is -0.250. The molecule has 2 unspecified atom stereocenters. The van der Waals surface area contributed by atoms with E-state index in [1.807, 2.05) is 0 Å². The number of rotatable bonds is 4. The standard InChI is InChI=1S/C21H32N2O2.2CH2O2/c24-20-12-18-8-4-9-19(13-20)23(18)16-21-15-22(10-5-11-25-21)14-17-6-2-1-3-7-17;2*2-1-3/h1-3,6-7,18-21,24H,4-5,8-16H2;2*1H,(H,2,3)/t18-,19+,20?,21?;;. The van der Waals surface area contributed by atoms with Gasteiger partial charge in [0.15, 0.2) is 0 Å². The maximum Gasteiger partial charge on any atom is 0.290 e. The Kier molecular flexibility index (Phi) is 11.5. The summed E-state index contributed by atoms with van der Waals surface area (Å²) in [4.78, 5) is 22.0. The average Bonchev–Trinajstić information content (AvgIpc) is 2.95. The van der Waals surface area contributed by atoms with Crippen LogP contribution in [0, 0.1) is 0 Å². The Morgan fingerprint density at radius 2 is 1.61 bits per heavy atom. The predicted octanol–water partition coefficient (Wildman–Crippen LogP) is 2.06. The molecular formula is C23H36N2O6. The largest absolute Gasteiger partial charge is 0.483 e. The summed E-state index contributed by atoms with van der Waals surface area (Å²) in [6.07, 6.45) is 7.05. The summed E-state index contributed by atoms with van der Waals surface area (Å²) >= 11 is 0. The van der Waals surface area contributed by atoms with E-state index >= 15 is 0 Å². The molecule has 4 rings (SSSR count). The third kappa shape index (κ3) is 8.57. The number of hydrogen-bond acceptors (Lipinski definition) is 6. The predicted molar refractivity (Wildman–Crippen MR) is 117 cm³/mol. The Balaban J connectivity index is 0.000000513. The first-order valence-corrected chi connectivity index (χ1v) is 11.1. The molecule has 1 aromatic rings. The molecule has 1 aromatic carbocycles. The van der Waals surface area contributed by atoms with Crippen molar-refractivity contribution in [1.82, 2.24) is 9.80 Å². The molecule has 0 aliphatic carbocycles. The fourth-order valence-corrected chi connectivity index (χ4v) is 5.05. The van der Waals surface area contributed by atoms with Crippen molar-refractivity contribution < 1.29 is 29.6 Å². The van der Waals surface area contributed by atoms with Crippen LogP contribution in [0.15, 0.2) is 30.3 Å². The molecule has 4 atom stereocenters. The zero-order valence-electron chi connectivity index (χ0n) is 18.1. The van der Waals surface area contributed by atoms with Crippen LogP contribution in [0.25, 0.3) is 0 Å². The van der Waals surface area contributed by atoms with Gasteiger partial charge in [0, 0.05) is 44.9 Å². The van der Waals surface area contributed by atoms with Gasteiger partial charge in [0.05, 0.1) is 12.2 Å². The maximum absolute atomic E-state index is 10.1. The Morgan fingerprint density at radius 3 is 2.23 bits per heavy atom. The number of piperidine rings is 2. The van der Waals surface area contributed by atoms with Crippen molar-refractivity contribution in [2.45, 2.75) is 69.4 Å². The lowest BCUT2D eigenvalue weighted by atomic mass is 9.83. The minimum absolute atomic E-state index is 0.0869. The van der Waals surface area contributed by atoms with E-state index in [4.69, 9.17) is 24.5 Å². The number of nitrogens with zero attached hydrogens (tertiary/aromatic N) is 2. The van der Waals surface area contributed by atoms with E-state index < -0.39 is 0 Å². The van der Waals surface area contributed by atoms with E-state index in [-0.39, 0.29) is 19.0 Å². The normalized spacial score (nSPS) is 28.7. The van der Waals surface area contributed by atoms with Gasteiger partial charge in [-0.2, -0.15) is 0 Å². The molecular weight excluding hydrogens is 400 g/mol. The van der Waals surface area contributed by atoms with Gasteiger partial charge in [0.25, 0.3) is 12.9 Å². The third-order valence-electron chi connectivity index (χ3n) is 6.20. The molecule has 3 fully saturated rings. The van der Waals surface area contributed by atoms with Crippen LogP contribution >= 0.6 is 0 Å². The number of hydrogen-bond donors (Lipinski definition) is 3. The highest BCUT2D eigenvalue weighted by atomic mass is 16.5. The molecule has 31 heavy (non-hydrogen) atoms. The van der Waals surface area contributed by atoms with Crippen molar-refractivity contribution in [3.63, 3.8) is 0 Å². The molecule has 8 nitrogen and oxygen atoms in total. The molecule has 3 saturated heterocycles. The van der Waals surface area contributed by atoms with Crippen LogP contribution in [0.2, 0.25) is 0 Å². The van der Waals surface area contributed by atoms with Gasteiger partial charge in [-0.25, -0.2) is 0 Å². The van der Waals surface area contributed by atoms with Crippen LogP contribution in [0.4, 0.5) is 0 Å². The first-order valence-electron chi connectivity index (χ1n) is 11.1. The second-order valence-corrected chi connectivity index (χ2v) is 8.34. The van der Waals surface area contributed by atoms with Crippen LogP contribution in [-0.2, 0) is 20.9 Å². The summed E-state index contributed by atoms with van der Waals surface area (Å²) in [5.74, 6) is 0. The Labute approximate surface area is 184 Å². The molecule has 3 aliphatic heterocycles. The van der Waals surface area contributed by atoms with E-state index in [9.17, 15) is 5.11 Å². The van der Waals surface area contributed by atoms with Crippen LogP contribution in [0.5, 0.6) is 0 Å². The zero-order valence-corrected chi connectivity index (χ0v) is 18.1. The molecule has 0 aromatic heterocycles. The first kappa shape index (κ1) is 25.3. The third-order valence-corrected chi connectivity index (χ3v) is 6.20. The Hall–Kier alpha value is -2.00. The van der Waals surface area contributed by atoms with Gasteiger partial charge in [-0.1, -0.05) is 36.8 Å². The van der Waals surface area contributed by atoms with Crippen molar-refractivity contribution in [1.29, 1.82) is 0 Å². The molecule has 0 radical (unpaired) electrons. The van der Waals surface area contributed by atoms with Crippen LogP contribution < -0.4 is 0 Å². The summed E-state index contributed by atoms with van der Waals surface area (Å²) in [7, 11) is 0. The van der Waals surface area contributed by atoms with Gasteiger partial charge >= 0.3 is 0 Å². The quantitative estimate of drug-likeness (QED) is 0.615. The van der Waals surface area contributed by atoms with E-state index in [1.54, 1.807) is 0 Å². The van der Waals surface area contributed by atoms with Gasteiger partial charge in [-0.05, 0) is 37.7 Å². The summed E-state index contributed by atoms with van der Waals surface area (Å²) in [5.41, 5.74) is 1.39. The van der Waals surface area contributed by atoms with E-state index in [1.165, 1.54) is 24.8 Å². The first-order chi connectivity index (χ1) is 15.1. The highest BCUT2D eigenvalue weighted by molar-refractivity contribution is 5.33. The molecule has 3 aliphatic rings. The lowest BCUT2D eigenvalue weighted by molar-refractivity contribution is -0.123. The lowest BCUT2D eigenvalue weighted by Gasteiger charge is -2.49. The molecule has 8 heteroatoms. The number of benzene rings is 1. The molecule has 0 amide bonds. The second kappa shape index (κ2) is 14.1. The molecule has 0 saturated carbocycles. The second-order valence-electron chi connectivity index (χ2n) is 8.34. The molecule has 3 N–H and O–H groups in total. The average molecular weight is 437 g/mol. The number of carboxylic acid groups (broad SMARTS) is 2. The molecule has 3 heterocycles. The fourth-order valence-electron chi connectivity index (χ4n) is 5.05. The van der Waals surface area contributed by atoms with Crippen LogP contribution in [-0.4, -0.2) is 88.6 Å². The highest BCUT2D eigenvalue weighted by Gasteiger charge is 2.38. The highest BCUT2D eigenvalue weighted by Crippen LogP contribution is 2.34. The number of aliphatic hydroxyl groups excluding tert-OH is 1. The minimum Gasteiger partial charge on any atom is -0.483 e. The molecule has 174 valence electrons. The summed E-state index contributed by atoms with van der Waals surface area (Å²) in [6, 6.07) is 11.9. The Bertz CT molecular complexity index is 612. The van der Waals surface area contributed by atoms with E-state index in [2.05, 4.69) is 40.1 Å². The monoisotopic (exact) mass is 436 g/mol. The number of aliphatic hydroxyl groups is 1. The zero-order chi connectivity index (χ0) is 22.5. The van der Waals surface area contributed by atoms with Crippen molar-refractivity contribution in [2.75, 3.05) is 26.2 Å². The van der Waals surface area contributed by atoms with Crippen molar-refractivity contribution in [3.8, 4) is 0 Å². The van der Waals surface area contributed by atoms with E-state index in [0.717, 1.165) is 52.0 Å². The lowest BCUT2D eigenvalue weighted by Crippen LogP contribution is -2.56. The van der Waals surface area contributed by atoms with Gasteiger partial charge in [-0.15, -0.1) is 0 Å². The fraction of sp³-hybridized carbons (Fsp3) is 0.652. The van der Waals surface area contributed by atoms with Gasteiger partial charge in [-0.3, -0.25) is 19.4 Å². The van der Waals surface area contributed by atoms with Gasteiger partial charge < -0.3 is 20.1 Å². The van der Waals surface area contributed by atoms with Gasteiger partial charge in [0.2, 0.25) is 0 Å². The summed E-state index contributed by atoms with van der Waals surface area (Å²) < 4.78 is 6.22. The van der Waals surface area contributed by atoms with Crippen LogP contribution in [0.3, 0.4) is 0 Å². The SMILES string of the molecule is O=CO.O=CO.OC1C[C@H]2CCC[C@@H](C1)N2CC1CN(Cc2ccccc2)CCCO1. The summed E-state index contributed by atoms with van der Waals surface area (Å²) in [6.45, 7) is 4.58. The number of carbonyl (C=O) groups is 2. The summed E-state index contributed by atoms with van der Waals surface area (Å²) in [5, 5.41) is 23.9. The molecule has 2 bridgehead atoms. The van der Waals surface area contributed by atoms with E-state index in [0.29, 0.717) is 18.2 Å². The van der Waals surface area contributed by atoms with Crippen molar-refractivity contribution >= 4 is 12.9 Å². The number of ether oxygens (including phenoxy) is 1. The van der Waals surface area contributed by atoms with Gasteiger partial charge in [0.1, 0.15) is 0 Å². The Morgan fingerprint density at radius 1 is 1.00 bits per heavy atom.